The molecule has 2 rings (SSSR count). The van der Waals surface area contributed by atoms with E-state index in [-0.39, 0.29) is 6.61 Å². The highest BCUT2D eigenvalue weighted by molar-refractivity contribution is 5.58. The molecule has 0 radical (unpaired) electrons. The predicted octanol–water partition coefficient (Wildman–Crippen LogP) is 2.41. The minimum atomic E-state index is -0.608. The number of methoxy groups -OCH3 is 1. The molecule has 1 atom stereocenters. The number of rotatable bonds is 5. The first-order valence-corrected chi connectivity index (χ1v) is 6.12. The fourth-order valence-corrected chi connectivity index (χ4v) is 1.94. The van der Waals surface area contributed by atoms with Crippen molar-refractivity contribution in [1.29, 1.82) is 0 Å². The van der Waals surface area contributed by atoms with Crippen LogP contribution in [0, 0.1) is 0 Å². The van der Waals surface area contributed by atoms with Gasteiger partial charge in [0.1, 0.15) is 5.75 Å². The first kappa shape index (κ1) is 13.4. The van der Waals surface area contributed by atoms with Crippen molar-refractivity contribution in [3.8, 4) is 5.75 Å². The number of aliphatic hydroxyl groups is 1. The number of aromatic nitrogens is 1. The van der Waals surface area contributed by atoms with Gasteiger partial charge in [-0.1, -0.05) is 18.2 Å². The number of ether oxygens (including phenoxy) is 1. The lowest BCUT2D eigenvalue weighted by Gasteiger charge is -2.30. The van der Waals surface area contributed by atoms with Gasteiger partial charge in [0.05, 0.1) is 24.9 Å². The van der Waals surface area contributed by atoms with Gasteiger partial charge in [0.25, 0.3) is 0 Å². The number of anilines is 1. The Bertz CT molecular complexity index is 531. The number of nitrogens with zero attached hydrogens (tertiary/aromatic N) is 1. The molecule has 4 nitrogen and oxygen atoms in total. The maximum Gasteiger partial charge on any atom is 0.141 e. The molecule has 0 spiro atoms. The third-order valence-corrected chi connectivity index (χ3v) is 3.13. The summed E-state index contributed by atoms with van der Waals surface area (Å²) in [6.45, 7) is 1.88. The largest absolute Gasteiger partial charge is 0.495 e. The minimum absolute atomic E-state index is 0.0449. The van der Waals surface area contributed by atoms with Gasteiger partial charge in [-0.25, -0.2) is 0 Å². The summed E-state index contributed by atoms with van der Waals surface area (Å²) in [4.78, 5) is 4.10. The van der Waals surface area contributed by atoms with Crippen molar-refractivity contribution < 1.29 is 9.84 Å². The minimum Gasteiger partial charge on any atom is -0.495 e. The van der Waals surface area contributed by atoms with Crippen molar-refractivity contribution in [2.24, 2.45) is 0 Å². The lowest BCUT2D eigenvalue weighted by atomic mass is 9.94. The van der Waals surface area contributed by atoms with E-state index in [0.29, 0.717) is 0 Å². The zero-order chi connectivity index (χ0) is 13.7. The van der Waals surface area contributed by atoms with Crippen LogP contribution in [0.3, 0.4) is 0 Å². The molecule has 1 unspecified atom stereocenters. The molecule has 1 aromatic carbocycles. The third-order valence-electron chi connectivity index (χ3n) is 3.13. The highest BCUT2D eigenvalue weighted by atomic mass is 16.5. The second-order valence-corrected chi connectivity index (χ2v) is 4.56. The standard InChI is InChI=1S/C15H18N2O2/c1-15(11-18,12-6-5-9-16-10-12)17-13-7-3-4-8-14(13)19-2/h3-10,17-18H,11H2,1-2H3. The van der Waals surface area contributed by atoms with E-state index in [9.17, 15) is 5.11 Å². The van der Waals surface area contributed by atoms with Crippen LogP contribution in [-0.2, 0) is 5.54 Å². The van der Waals surface area contributed by atoms with Gasteiger partial charge in [-0.15, -0.1) is 0 Å². The Morgan fingerprint density at radius 1 is 1.26 bits per heavy atom. The van der Waals surface area contributed by atoms with E-state index >= 15 is 0 Å². The third kappa shape index (κ3) is 2.85. The van der Waals surface area contributed by atoms with Crippen LogP contribution in [0.5, 0.6) is 5.75 Å². The van der Waals surface area contributed by atoms with Crippen LogP contribution in [0.2, 0.25) is 0 Å². The molecule has 1 heterocycles. The van der Waals surface area contributed by atoms with E-state index in [1.807, 2.05) is 43.3 Å². The van der Waals surface area contributed by atoms with Crippen molar-refractivity contribution >= 4 is 5.69 Å². The van der Waals surface area contributed by atoms with Crippen LogP contribution < -0.4 is 10.1 Å². The van der Waals surface area contributed by atoms with E-state index in [1.54, 1.807) is 19.5 Å². The highest BCUT2D eigenvalue weighted by Crippen LogP contribution is 2.30. The zero-order valence-electron chi connectivity index (χ0n) is 11.1. The lowest BCUT2D eigenvalue weighted by molar-refractivity contribution is 0.223. The number of aliphatic hydroxyl groups excluding tert-OH is 1. The molecule has 0 aliphatic rings. The zero-order valence-corrected chi connectivity index (χ0v) is 11.1. The Kier molecular flexibility index (Phi) is 4.02. The van der Waals surface area contributed by atoms with Gasteiger partial charge < -0.3 is 15.2 Å². The first-order chi connectivity index (χ1) is 9.19. The molecule has 4 heteroatoms. The van der Waals surface area contributed by atoms with Gasteiger partial charge in [0.15, 0.2) is 0 Å². The maximum absolute atomic E-state index is 9.73. The van der Waals surface area contributed by atoms with Crippen LogP contribution >= 0.6 is 0 Å². The molecule has 0 bridgehead atoms. The summed E-state index contributed by atoms with van der Waals surface area (Å²) < 4.78 is 5.31. The Morgan fingerprint density at radius 2 is 2.05 bits per heavy atom. The number of benzene rings is 1. The molecule has 0 saturated carbocycles. The molecular formula is C15H18N2O2. The second-order valence-electron chi connectivity index (χ2n) is 4.56. The Labute approximate surface area is 113 Å². The number of para-hydroxylation sites is 2. The molecule has 0 saturated heterocycles. The van der Waals surface area contributed by atoms with Gasteiger partial charge in [-0.05, 0) is 30.7 Å². The maximum atomic E-state index is 9.73. The van der Waals surface area contributed by atoms with Crippen LogP contribution in [-0.4, -0.2) is 23.8 Å². The molecule has 2 N–H and O–H groups in total. The van der Waals surface area contributed by atoms with Gasteiger partial charge in [-0.3, -0.25) is 4.98 Å². The normalized spacial score (nSPS) is 13.6. The van der Waals surface area contributed by atoms with E-state index in [1.165, 1.54) is 0 Å². The van der Waals surface area contributed by atoms with Gasteiger partial charge in [0.2, 0.25) is 0 Å². The van der Waals surface area contributed by atoms with Crippen LogP contribution in [0.4, 0.5) is 5.69 Å². The Balaban J connectivity index is 2.33. The van der Waals surface area contributed by atoms with Crippen molar-refractivity contribution in [3.05, 3.63) is 54.4 Å². The summed E-state index contributed by atoms with van der Waals surface area (Å²) >= 11 is 0. The van der Waals surface area contributed by atoms with Crippen LogP contribution in [0.1, 0.15) is 12.5 Å². The van der Waals surface area contributed by atoms with Crippen molar-refractivity contribution in [3.63, 3.8) is 0 Å². The Hall–Kier alpha value is -2.07. The van der Waals surface area contributed by atoms with Crippen molar-refractivity contribution in [2.45, 2.75) is 12.5 Å². The average molecular weight is 258 g/mol. The summed E-state index contributed by atoms with van der Waals surface area (Å²) in [6, 6.07) is 11.4. The summed E-state index contributed by atoms with van der Waals surface area (Å²) in [7, 11) is 1.63. The number of nitrogens with one attached hydrogen (secondary N) is 1. The molecule has 19 heavy (non-hydrogen) atoms. The highest BCUT2D eigenvalue weighted by Gasteiger charge is 2.26. The molecule has 0 fully saturated rings. The van der Waals surface area contributed by atoms with E-state index in [0.717, 1.165) is 17.0 Å². The molecule has 100 valence electrons. The molecule has 2 aromatic rings. The van der Waals surface area contributed by atoms with Gasteiger partial charge >= 0.3 is 0 Å². The predicted molar refractivity (Wildman–Crippen MR) is 75.3 cm³/mol. The monoisotopic (exact) mass is 258 g/mol. The number of hydrogen-bond donors (Lipinski definition) is 2. The van der Waals surface area contributed by atoms with E-state index in [4.69, 9.17) is 4.74 Å². The molecule has 1 aromatic heterocycles. The van der Waals surface area contributed by atoms with Crippen LogP contribution in [0.15, 0.2) is 48.8 Å². The summed E-state index contributed by atoms with van der Waals surface area (Å²) in [5.41, 5.74) is 1.15. The summed E-state index contributed by atoms with van der Waals surface area (Å²) in [6.07, 6.45) is 3.46. The molecule has 0 aliphatic heterocycles. The summed E-state index contributed by atoms with van der Waals surface area (Å²) in [5.74, 6) is 0.742. The summed E-state index contributed by atoms with van der Waals surface area (Å²) in [5, 5.41) is 13.1. The fourth-order valence-electron chi connectivity index (χ4n) is 1.94. The van der Waals surface area contributed by atoms with Gasteiger partial charge in [-0.2, -0.15) is 0 Å². The molecule has 0 aliphatic carbocycles. The lowest BCUT2D eigenvalue weighted by Crippen LogP contribution is -2.36. The van der Waals surface area contributed by atoms with E-state index in [2.05, 4.69) is 10.3 Å². The Morgan fingerprint density at radius 3 is 2.68 bits per heavy atom. The smallest absolute Gasteiger partial charge is 0.141 e. The molecular weight excluding hydrogens is 240 g/mol. The quantitative estimate of drug-likeness (QED) is 0.864. The number of hydrogen-bond acceptors (Lipinski definition) is 4. The van der Waals surface area contributed by atoms with Crippen molar-refractivity contribution in [2.75, 3.05) is 19.0 Å². The number of pyridine rings is 1. The van der Waals surface area contributed by atoms with Crippen molar-refractivity contribution in [1.82, 2.24) is 4.98 Å². The second kappa shape index (κ2) is 5.71. The topological polar surface area (TPSA) is 54.4 Å². The SMILES string of the molecule is COc1ccccc1NC(C)(CO)c1cccnc1. The fraction of sp³-hybridized carbons (Fsp3) is 0.267. The average Bonchev–Trinajstić information content (AvgIpc) is 2.48. The molecule has 0 amide bonds. The van der Waals surface area contributed by atoms with Crippen LogP contribution in [0.25, 0.3) is 0 Å². The van der Waals surface area contributed by atoms with Gasteiger partial charge in [0, 0.05) is 12.4 Å². The van der Waals surface area contributed by atoms with E-state index < -0.39 is 5.54 Å². The first-order valence-electron chi connectivity index (χ1n) is 6.12.